The molecule has 1 atom stereocenters. The van der Waals surface area contributed by atoms with Gasteiger partial charge in [-0.25, -0.2) is 13.2 Å². The third kappa shape index (κ3) is 6.09. The minimum Gasteiger partial charge on any atom is -0.444 e. The molecule has 1 aliphatic carbocycles. The molecule has 0 aromatic heterocycles. The van der Waals surface area contributed by atoms with Crippen molar-refractivity contribution in [3.05, 3.63) is 11.0 Å². The van der Waals surface area contributed by atoms with Crippen LogP contribution in [0.4, 0.5) is 4.79 Å². The van der Waals surface area contributed by atoms with Gasteiger partial charge in [0.2, 0.25) is 0 Å². The van der Waals surface area contributed by atoms with Gasteiger partial charge in [0.25, 0.3) is 0 Å². The zero-order chi connectivity index (χ0) is 14.8. The maximum absolute atomic E-state index is 11.7. The third-order valence-corrected chi connectivity index (χ3v) is 4.12. The monoisotopic (exact) mass is 289 g/mol. The molecule has 1 unspecified atom stereocenters. The number of rotatable bonds is 4. The van der Waals surface area contributed by atoms with Crippen LogP contribution in [0, 0.1) is 5.92 Å². The molecule has 1 aliphatic rings. The minimum absolute atomic E-state index is 0.274. The molecule has 0 aromatic rings. The first-order valence-corrected chi connectivity index (χ1v) is 8.26. The second-order valence-electron chi connectivity index (χ2n) is 6.06. The fourth-order valence-corrected chi connectivity index (χ4v) is 1.96. The highest BCUT2D eigenvalue weighted by Crippen LogP contribution is 2.34. The summed E-state index contributed by atoms with van der Waals surface area (Å²) in [6.07, 6.45) is 4.25. The van der Waals surface area contributed by atoms with Gasteiger partial charge in [-0.05, 0) is 52.5 Å². The van der Waals surface area contributed by atoms with E-state index < -0.39 is 21.5 Å². The molecule has 0 saturated heterocycles. The third-order valence-electron chi connectivity index (χ3n) is 2.81. The molecule has 5 nitrogen and oxygen atoms in total. The summed E-state index contributed by atoms with van der Waals surface area (Å²) < 4.78 is 28.0. The maximum atomic E-state index is 11.7. The molecule has 1 saturated carbocycles. The average Bonchev–Trinajstić information content (AvgIpc) is 2.94. The Hall–Kier alpha value is -1.04. The Morgan fingerprint density at radius 1 is 1.37 bits per heavy atom. The molecule has 0 radical (unpaired) electrons. The van der Waals surface area contributed by atoms with E-state index in [1.807, 2.05) is 0 Å². The van der Waals surface area contributed by atoms with Crippen molar-refractivity contribution in [2.24, 2.45) is 5.92 Å². The van der Waals surface area contributed by atoms with Gasteiger partial charge in [0.15, 0.2) is 9.84 Å². The molecule has 1 amide bonds. The molecule has 19 heavy (non-hydrogen) atoms. The predicted octanol–water partition coefficient (Wildman–Crippen LogP) is 2.24. The van der Waals surface area contributed by atoms with Gasteiger partial charge < -0.3 is 10.1 Å². The zero-order valence-electron chi connectivity index (χ0n) is 12.2. The van der Waals surface area contributed by atoms with E-state index in [1.165, 1.54) is 0 Å². The lowest BCUT2D eigenvalue weighted by Crippen LogP contribution is -2.39. The lowest BCUT2D eigenvalue weighted by Gasteiger charge is -2.22. The fraction of sp³-hybridized carbons (Fsp3) is 0.769. The van der Waals surface area contributed by atoms with Gasteiger partial charge in [-0.15, -0.1) is 0 Å². The van der Waals surface area contributed by atoms with E-state index in [4.69, 9.17) is 4.74 Å². The van der Waals surface area contributed by atoms with Crippen LogP contribution in [0.25, 0.3) is 0 Å². The standard InChI is InChI=1S/C13H23NO4S/c1-9(19(5,16)17)8-11(10-6-7-10)14-12(15)18-13(2,3)4/h8,10-11H,6-7H2,1-5H3,(H,14,15)/b9-8+. The Bertz CT molecular complexity index is 469. The summed E-state index contributed by atoms with van der Waals surface area (Å²) in [5.41, 5.74) is -0.562. The molecule has 0 heterocycles. The lowest BCUT2D eigenvalue weighted by molar-refractivity contribution is 0.0509. The van der Waals surface area contributed by atoms with Crippen molar-refractivity contribution >= 4 is 15.9 Å². The topological polar surface area (TPSA) is 72.5 Å². The number of allylic oxidation sites excluding steroid dienone is 1. The Labute approximate surface area is 115 Å². The number of carbonyl (C=O) groups excluding carboxylic acids is 1. The van der Waals surface area contributed by atoms with E-state index in [9.17, 15) is 13.2 Å². The van der Waals surface area contributed by atoms with Crippen LogP contribution in [0.3, 0.4) is 0 Å². The molecule has 110 valence electrons. The molecule has 0 spiro atoms. The van der Waals surface area contributed by atoms with Crippen LogP contribution in [0.2, 0.25) is 0 Å². The normalized spacial score (nSPS) is 18.9. The summed E-state index contributed by atoms with van der Waals surface area (Å²) in [6, 6.07) is -0.274. The van der Waals surface area contributed by atoms with E-state index in [1.54, 1.807) is 33.8 Å². The molecule has 1 rings (SSSR count). The van der Waals surface area contributed by atoms with Crippen molar-refractivity contribution in [1.82, 2.24) is 5.32 Å². The van der Waals surface area contributed by atoms with Gasteiger partial charge in [0, 0.05) is 11.2 Å². The Balaban J connectivity index is 2.72. The lowest BCUT2D eigenvalue weighted by atomic mass is 10.1. The van der Waals surface area contributed by atoms with E-state index in [0.29, 0.717) is 5.92 Å². The molecule has 0 bridgehead atoms. The molecule has 6 heteroatoms. The summed E-state index contributed by atoms with van der Waals surface area (Å²) in [7, 11) is -3.21. The van der Waals surface area contributed by atoms with Crippen LogP contribution in [0.15, 0.2) is 11.0 Å². The summed E-state index contributed by atoms with van der Waals surface area (Å²) >= 11 is 0. The van der Waals surface area contributed by atoms with E-state index in [2.05, 4.69) is 5.32 Å². The van der Waals surface area contributed by atoms with Gasteiger partial charge in [0.05, 0.1) is 6.04 Å². The van der Waals surface area contributed by atoms with Crippen LogP contribution in [-0.4, -0.2) is 32.4 Å². The number of ether oxygens (including phenoxy) is 1. The van der Waals surface area contributed by atoms with Crippen LogP contribution in [-0.2, 0) is 14.6 Å². The number of hydrogen-bond donors (Lipinski definition) is 1. The first-order chi connectivity index (χ1) is 8.49. The van der Waals surface area contributed by atoms with Crippen molar-refractivity contribution in [1.29, 1.82) is 0 Å². The Kier molecular flexibility index (Phi) is 4.66. The van der Waals surface area contributed by atoms with Crippen molar-refractivity contribution in [3.8, 4) is 0 Å². The van der Waals surface area contributed by atoms with Gasteiger partial charge >= 0.3 is 6.09 Å². The van der Waals surface area contributed by atoms with Crippen molar-refractivity contribution in [2.75, 3.05) is 6.26 Å². The summed E-state index contributed by atoms with van der Waals surface area (Å²) in [4.78, 5) is 12.0. The van der Waals surface area contributed by atoms with Crippen LogP contribution < -0.4 is 5.32 Å². The smallest absolute Gasteiger partial charge is 0.408 e. The Morgan fingerprint density at radius 3 is 2.26 bits per heavy atom. The first-order valence-electron chi connectivity index (χ1n) is 6.37. The second kappa shape index (κ2) is 5.53. The number of amides is 1. The van der Waals surface area contributed by atoms with Gasteiger partial charge in [-0.3, -0.25) is 0 Å². The highest BCUT2D eigenvalue weighted by molar-refractivity contribution is 7.94. The zero-order valence-corrected chi connectivity index (χ0v) is 13.0. The van der Waals surface area contributed by atoms with E-state index in [-0.39, 0.29) is 10.9 Å². The average molecular weight is 289 g/mol. The van der Waals surface area contributed by atoms with E-state index >= 15 is 0 Å². The van der Waals surface area contributed by atoms with Gasteiger partial charge in [-0.1, -0.05) is 0 Å². The van der Waals surface area contributed by atoms with Gasteiger partial charge in [-0.2, -0.15) is 0 Å². The number of sulfone groups is 1. The van der Waals surface area contributed by atoms with Gasteiger partial charge in [0.1, 0.15) is 5.60 Å². The van der Waals surface area contributed by atoms with Crippen molar-refractivity contribution < 1.29 is 17.9 Å². The largest absolute Gasteiger partial charge is 0.444 e. The van der Waals surface area contributed by atoms with E-state index in [0.717, 1.165) is 19.1 Å². The number of alkyl carbamates (subject to hydrolysis) is 1. The van der Waals surface area contributed by atoms with Crippen LogP contribution >= 0.6 is 0 Å². The SMILES string of the molecule is C/C(=C\C(NC(=O)OC(C)(C)C)C1CC1)S(C)(=O)=O. The number of carbonyl (C=O) groups is 1. The number of nitrogens with one attached hydrogen (secondary N) is 1. The highest BCUT2D eigenvalue weighted by atomic mass is 32.2. The first kappa shape index (κ1) is 16.0. The maximum Gasteiger partial charge on any atom is 0.408 e. The highest BCUT2D eigenvalue weighted by Gasteiger charge is 2.32. The van der Waals surface area contributed by atoms with Crippen LogP contribution in [0.5, 0.6) is 0 Å². The minimum atomic E-state index is -3.21. The molecule has 0 aliphatic heterocycles. The molecule has 1 N–H and O–H groups in total. The summed E-state index contributed by atoms with van der Waals surface area (Å²) in [5, 5.41) is 2.74. The second-order valence-corrected chi connectivity index (χ2v) is 8.25. The molecular weight excluding hydrogens is 266 g/mol. The summed E-state index contributed by atoms with van der Waals surface area (Å²) in [6.45, 7) is 6.91. The Morgan fingerprint density at radius 2 is 1.89 bits per heavy atom. The van der Waals surface area contributed by atoms with Crippen molar-refractivity contribution in [3.63, 3.8) is 0 Å². The fourth-order valence-electron chi connectivity index (χ4n) is 1.57. The molecule has 1 fully saturated rings. The number of hydrogen-bond acceptors (Lipinski definition) is 4. The summed E-state index contributed by atoms with van der Waals surface area (Å²) in [5.74, 6) is 0.309. The van der Waals surface area contributed by atoms with Crippen LogP contribution in [0.1, 0.15) is 40.5 Å². The molecular formula is C13H23NO4S. The quantitative estimate of drug-likeness (QED) is 0.861. The van der Waals surface area contributed by atoms with Crippen molar-refractivity contribution in [2.45, 2.75) is 52.2 Å². The predicted molar refractivity (Wildman–Crippen MR) is 74.5 cm³/mol. The molecule has 0 aromatic carbocycles.